The van der Waals surface area contributed by atoms with Crippen LogP contribution in [0.15, 0.2) is 12.1 Å². The van der Waals surface area contributed by atoms with Crippen molar-refractivity contribution in [2.45, 2.75) is 81.9 Å². The Bertz CT molecular complexity index is 852. The molecule has 1 N–H and O–H groups in total. The van der Waals surface area contributed by atoms with Crippen LogP contribution in [-0.2, 0) is 17.6 Å². The van der Waals surface area contributed by atoms with Crippen LogP contribution in [0.4, 0.5) is 30.7 Å². The van der Waals surface area contributed by atoms with Crippen molar-refractivity contribution in [3.8, 4) is 5.88 Å². The molecule has 2 aliphatic rings. The summed E-state index contributed by atoms with van der Waals surface area (Å²) < 4.78 is 93.9. The van der Waals surface area contributed by atoms with E-state index in [4.69, 9.17) is 4.74 Å². The van der Waals surface area contributed by atoms with E-state index in [2.05, 4.69) is 15.2 Å². The van der Waals surface area contributed by atoms with Gasteiger partial charge in [0.2, 0.25) is 11.8 Å². The van der Waals surface area contributed by atoms with Crippen LogP contribution in [0.3, 0.4) is 0 Å². The molecule has 1 aliphatic carbocycles. The normalized spacial score (nSPS) is 23.9. The minimum Gasteiger partial charge on any atom is -0.468 e. The number of amides is 1. The van der Waals surface area contributed by atoms with Gasteiger partial charge in [-0.2, -0.15) is 26.3 Å². The zero-order valence-electron chi connectivity index (χ0n) is 19.3. The Balaban J connectivity index is 1.41. The van der Waals surface area contributed by atoms with Crippen LogP contribution in [0.1, 0.15) is 56.2 Å². The monoisotopic (exact) mass is 513 g/mol. The number of carbonyl (C=O) groups is 1. The van der Waals surface area contributed by atoms with E-state index in [0.717, 1.165) is 5.56 Å². The Morgan fingerprint density at radius 1 is 1.09 bits per heavy atom. The molecule has 0 bridgehead atoms. The third-order valence-electron chi connectivity index (χ3n) is 6.55. The van der Waals surface area contributed by atoms with E-state index >= 15 is 4.39 Å². The van der Waals surface area contributed by atoms with E-state index in [1.807, 2.05) is 0 Å². The van der Waals surface area contributed by atoms with Crippen LogP contribution in [-0.4, -0.2) is 66.1 Å². The first-order chi connectivity index (χ1) is 16.3. The first-order valence-electron chi connectivity index (χ1n) is 11.8. The highest BCUT2D eigenvalue weighted by molar-refractivity contribution is 5.76. The molecule has 35 heavy (non-hydrogen) atoms. The molecule has 1 fully saturated rings. The van der Waals surface area contributed by atoms with Gasteiger partial charge in [0.05, 0.1) is 6.42 Å². The summed E-state index contributed by atoms with van der Waals surface area (Å²) in [5, 5.41) is 2.58. The number of ether oxygens (including phenoxy) is 1. The second-order valence-electron chi connectivity index (χ2n) is 9.36. The predicted octanol–water partition coefficient (Wildman–Crippen LogP) is 4.92. The van der Waals surface area contributed by atoms with Gasteiger partial charge < -0.3 is 15.0 Å². The third kappa shape index (κ3) is 9.46. The van der Waals surface area contributed by atoms with E-state index < -0.39 is 43.4 Å². The third-order valence-corrected chi connectivity index (χ3v) is 6.55. The first kappa shape index (κ1) is 27.5. The van der Waals surface area contributed by atoms with Crippen LogP contribution < -0.4 is 10.1 Å². The Hall–Kier alpha value is -2.11. The SMILES string of the molecule is O=C(CCC(F)(F)F)N[C@H]1CC[C@](F)(CCN2CCc3ccc(OCC(F)(F)F)nc3CC2)CC1. The van der Waals surface area contributed by atoms with E-state index in [-0.39, 0.29) is 24.8 Å². The summed E-state index contributed by atoms with van der Waals surface area (Å²) >= 11 is 0. The predicted molar refractivity (Wildman–Crippen MR) is 114 cm³/mol. The van der Waals surface area contributed by atoms with Gasteiger partial charge >= 0.3 is 12.4 Å². The minimum atomic E-state index is -4.44. The summed E-state index contributed by atoms with van der Waals surface area (Å²) in [4.78, 5) is 18.0. The Morgan fingerprint density at radius 3 is 2.43 bits per heavy atom. The molecule has 0 spiro atoms. The van der Waals surface area contributed by atoms with Gasteiger partial charge in [-0.3, -0.25) is 4.79 Å². The molecular formula is C23H30F7N3O2. The van der Waals surface area contributed by atoms with Gasteiger partial charge in [-0.25, -0.2) is 9.37 Å². The molecule has 0 radical (unpaired) electrons. The molecule has 1 aliphatic heterocycles. The number of halogens is 7. The number of pyridine rings is 1. The summed E-state index contributed by atoms with van der Waals surface area (Å²) in [5.41, 5.74) is 0.218. The molecule has 5 nitrogen and oxygen atoms in total. The van der Waals surface area contributed by atoms with Crippen molar-refractivity contribution in [3.63, 3.8) is 0 Å². The zero-order chi connectivity index (χ0) is 25.7. The molecule has 198 valence electrons. The molecule has 0 atom stereocenters. The van der Waals surface area contributed by atoms with Gasteiger partial charge in [-0.15, -0.1) is 0 Å². The molecule has 1 saturated carbocycles. The largest absolute Gasteiger partial charge is 0.468 e. The Kier molecular flexibility index (Phi) is 8.87. The van der Waals surface area contributed by atoms with Crippen LogP contribution in [0.2, 0.25) is 0 Å². The quantitative estimate of drug-likeness (QED) is 0.502. The van der Waals surface area contributed by atoms with Gasteiger partial charge in [-0.05, 0) is 44.1 Å². The summed E-state index contributed by atoms with van der Waals surface area (Å²) in [6, 6.07) is 2.84. The van der Waals surface area contributed by atoms with Crippen molar-refractivity contribution in [3.05, 3.63) is 23.4 Å². The standard InChI is InChI=1S/C23H30F7N3O2/c24-21(8-3-17(4-9-21)31-19(34)5-10-22(25,26)27)11-14-33-12-6-16-1-2-20(32-18(16)7-13-33)35-15-23(28,29)30/h1-2,17H,3-15H2,(H,31,34)/t17-,21+. The van der Waals surface area contributed by atoms with E-state index in [9.17, 15) is 31.1 Å². The highest BCUT2D eigenvalue weighted by Crippen LogP contribution is 2.35. The molecule has 0 unspecified atom stereocenters. The number of aromatic nitrogens is 1. The molecule has 0 saturated heterocycles. The van der Waals surface area contributed by atoms with Gasteiger partial charge in [0, 0.05) is 50.3 Å². The maximum atomic E-state index is 15.3. The molecular weight excluding hydrogens is 483 g/mol. The minimum absolute atomic E-state index is 0.0699. The lowest BCUT2D eigenvalue weighted by Gasteiger charge is -2.35. The smallest absolute Gasteiger partial charge is 0.422 e. The average Bonchev–Trinajstić information content (AvgIpc) is 2.98. The van der Waals surface area contributed by atoms with Gasteiger partial charge in [0.25, 0.3) is 0 Å². The average molecular weight is 513 g/mol. The number of fused-ring (bicyclic) bond motifs is 1. The number of carbonyl (C=O) groups excluding carboxylic acids is 1. The van der Waals surface area contributed by atoms with Crippen molar-refractivity contribution in [1.29, 1.82) is 0 Å². The molecule has 2 heterocycles. The molecule has 3 rings (SSSR count). The Morgan fingerprint density at radius 2 is 1.77 bits per heavy atom. The van der Waals surface area contributed by atoms with Gasteiger partial charge in [-0.1, -0.05) is 6.07 Å². The number of nitrogens with zero attached hydrogens (tertiary/aromatic N) is 2. The highest BCUT2D eigenvalue weighted by atomic mass is 19.4. The number of rotatable bonds is 8. The van der Waals surface area contributed by atoms with Crippen molar-refractivity contribution in [1.82, 2.24) is 15.2 Å². The number of alkyl halides is 7. The topological polar surface area (TPSA) is 54.5 Å². The van der Waals surface area contributed by atoms with Crippen molar-refractivity contribution < 1.29 is 40.3 Å². The molecule has 1 aromatic heterocycles. The van der Waals surface area contributed by atoms with Crippen LogP contribution in [0, 0.1) is 0 Å². The van der Waals surface area contributed by atoms with Crippen LogP contribution in [0.25, 0.3) is 0 Å². The number of hydrogen-bond donors (Lipinski definition) is 1. The maximum absolute atomic E-state index is 15.3. The fraction of sp³-hybridized carbons (Fsp3) is 0.739. The summed E-state index contributed by atoms with van der Waals surface area (Å²) in [6.45, 7) is 0.369. The van der Waals surface area contributed by atoms with E-state index in [1.54, 1.807) is 6.07 Å². The molecule has 1 amide bonds. The van der Waals surface area contributed by atoms with Crippen molar-refractivity contribution in [2.75, 3.05) is 26.2 Å². The van der Waals surface area contributed by atoms with Gasteiger partial charge in [0.1, 0.15) is 5.67 Å². The lowest BCUT2D eigenvalue weighted by atomic mass is 9.81. The van der Waals surface area contributed by atoms with Gasteiger partial charge in [0.15, 0.2) is 6.61 Å². The summed E-state index contributed by atoms with van der Waals surface area (Å²) in [5.74, 6) is -0.733. The Labute approximate surface area is 199 Å². The molecule has 0 aromatic carbocycles. The number of hydrogen-bond acceptors (Lipinski definition) is 4. The van der Waals surface area contributed by atoms with Crippen molar-refractivity contribution >= 4 is 5.91 Å². The van der Waals surface area contributed by atoms with E-state index in [0.29, 0.717) is 57.4 Å². The lowest BCUT2D eigenvalue weighted by molar-refractivity contribution is -0.154. The fourth-order valence-corrected chi connectivity index (χ4v) is 4.51. The second-order valence-corrected chi connectivity index (χ2v) is 9.36. The maximum Gasteiger partial charge on any atom is 0.422 e. The number of nitrogens with one attached hydrogen (secondary N) is 1. The van der Waals surface area contributed by atoms with Crippen molar-refractivity contribution in [2.24, 2.45) is 0 Å². The highest BCUT2D eigenvalue weighted by Gasteiger charge is 2.36. The van der Waals surface area contributed by atoms with Crippen LogP contribution >= 0.6 is 0 Å². The zero-order valence-corrected chi connectivity index (χ0v) is 19.3. The van der Waals surface area contributed by atoms with E-state index in [1.165, 1.54) is 6.07 Å². The lowest BCUT2D eigenvalue weighted by Crippen LogP contribution is -2.43. The van der Waals surface area contributed by atoms with Crippen LogP contribution in [0.5, 0.6) is 5.88 Å². The first-order valence-corrected chi connectivity index (χ1v) is 11.8. The molecule has 12 heteroatoms. The summed E-state index contributed by atoms with van der Waals surface area (Å²) in [6.07, 6.45) is -7.94. The second kappa shape index (κ2) is 11.3. The fourth-order valence-electron chi connectivity index (χ4n) is 4.51. The summed E-state index contributed by atoms with van der Waals surface area (Å²) in [7, 11) is 0. The molecule has 1 aromatic rings.